The molecule has 1 amide bonds. The SMILES string of the molecule is CN[C@]12CC3C[C@H](C1)C(NC(=O)OC)[C@@H](C3)C2. The van der Waals surface area contributed by atoms with Crippen LogP contribution in [0.4, 0.5) is 4.79 Å². The van der Waals surface area contributed by atoms with E-state index in [1.54, 1.807) is 0 Å². The Morgan fingerprint density at radius 3 is 2.41 bits per heavy atom. The van der Waals surface area contributed by atoms with Gasteiger partial charge >= 0.3 is 6.09 Å². The number of methoxy groups -OCH3 is 1. The van der Waals surface area contributed by atoms with E-state index in [-0.39, 0.29) is 6.09 Å². The summed E-state index contributed by atoms with van der Waals surface area (Å²) in [6, 6.07) is 0.348. The minimum absolute atomic E-state index is 0.263. The third-order valence-electron chi connectivity index (χ3n) is 5.27. The van der Waals surface area contributed by atoms with Crippen molar-refractivity contribution in [2.75, 3.05) is 14.2 Å². The van der Waals surface area contributed by atoms with E-state index < -0.39 is 0 Å². The zero-order valence-corrected chi connectivity index (χ0v) is 10.7. The quantitative estimate of drug-likeness (QED) is 0.766. The van der Waals surface area contributed by atoms with Crippen LogP contribution < -0.4 is 10.6 Å². The third kappa shape index (κ3) is 1.73. The summed E-state index contributed by atoms with van der Waals surface area (Å²) in [4.78, 5) is 11.4. The molecule has 4 rings (SSSR count). The van der Waals surface area contributed by atoms with Crippen LogP contribution in [0.1, 0.15) is 32.1 Å². The van der Waals surface area contributed by atoms with Crippen LogP contribution in [0.5, 0.6) is 0 Å². The van der Waals surface area contributed by atoms with Crippen molar-refractivity contribution >= 4 is 6.09 Å². The van der Waals surface area contributed by atoms with E-state index in [0.29, 0.717) is 23.4 Å². The van der Waals surface area contributed by atoms with Gasteiger partial charge in [0, 0.05) is 11.6 Å². The number of carbonyl (C=O) groups excluding carboxylic acids is 1. The van der Waals surface area contributed by atoms with E-state index in [1.165, 1.54) is 39.2 Å². The molecule has 0 aromatic carbocycles. The normalized spacial score (nSPS) is 46.9. The molecule has 17 heavy (non-hydrogen) atoms. The molecule has 0 aromatic heterocycles. The van der Waals surface area contributed by atoms with Gasteiger partial charge in [0.25, 0.3) is 0 Å². The predicted octanol–water partition coefficient (Wildman–Crippen LogP) is 1.51. The van der Waals surface area contributed by atoms with Crippen molar-refractivity contribution in [1.29, 1.82) is 0 Å². The lowest BCUT2D eigenvalue weighted by atomic mass is 9.51. The number of ether oxygens (including phenoxy) is 1. The van der Waals surface area contributed by atoms with E-state index in [4.69, 9.17) is 4.74 Å². The lowest BCUT2D eigenvalue weighted by molar-refractivity contribution is -0.0421. The Morgan fingerprint density at radius 2 is 1.88 bits per heavy atom. The molecule has 4 aliphatic carbocycles. The Hall–Kier alpha value is -0.770. The summed E-state index contributed by atoms with van der Waals surface area (Å²) in [6.07, 6.45) is 6.07. The fraction of sp³-hybridized carbons (Fsp3) is 0.923. The zero-order chi connectivity index (χ0) is 12.0. The number of alkyl carbamates (subject to hydrolysis) is 1. The van der Waals surface area contributed by atoms with Crippen LogP contribution in [0.15, 0.2) is 0 Å². The molecule has 5 atom stereocenters. The number of amides is 1. The summed E-state index contributed by atoms with van der Waals surface area (Å²) < 4.78 is 4.74. The van der Waals surface area contributed by atoms with Crippen LogP contribution in [-0.2, 0) is 4.74 Å². The van der Waals surface area contributed by atoms with Crippen molar-refractivity contribution in [2.45, 2.75) is 43.7 Å². The van der Waals surface area contributed by atoms with Crippen LogP contribution in [0.3, 0.4) is 0 Å². The molecule has 0 heterocycles. The van der Waals surface area contributed by atoms with Gasteiger partial charge in [0.05, 0.1) is 7.11 Å². The fourth-order valence-electron chi connectivity index (χ4n) is 4.76. The van der Waals surface area contributed by atoms with Gasteiger partial charge in [0.15, 0.2) is 0 Å². The standard InChI is InChI=1S/C13H22N2O2/c1-14-13-5-8-3-9(6-13)11(10(4-8)7-13)15-12(16)17-2/h8-11,14H,3-7H2,1-2H3,(H,15,16)/t8?,9-,10+,11?,13-. The molecule has 96 valence electrons. The fourth-order valence-corrected chi connectivity index (χ4v) is 4.76. The number of carbonyl (C=O) groups is 1. The maximum atomic E-state index is 11.4. The van der Waals surface area contributed by atoms with Crippen LogP contribution in [0.2, 0.25) is 0 Å². The molecule has 4 aliphatic rings. The number of hydrogen-bond donors (Lipinski definition) is 2. The summed E-state index contributed by atoms with van der Waals surface area (Å²) in [5, 5.41) is 6.62. The van der Waals surface area contributed by atoms with Gasteiger partial charge in [-0.1, -0.05) is 0 Å². The smallest absolute Gasteiger partial charge is 0.407 e. The van der Waals surface area contributed by atoms with Crippen LogP contribution >= 0.6 is 0 Å². The van der Waals surface area contributed by atoms with Gasteiger partial charge in [-0.15, -0.1) is 0 Å². The van der Waals surface area contributed by atoms with E-state index in [1.807, 2.05) is 0 Å². The van der Waals surface area contributed by atoms with Gasteiger partial charge in [-0.05, 0) is 56.9 Å². The van der Waals surface area contributed by atoms with Gasteiger partial charge in [-0.3, -0.25) is 0 Å². The van der Waals surface area contributed by atoms with Crippen LogP contribution in [-0.4, -0.2) is 31.8 Å². The lowest BCUT2D eigenvalue weighted by Crippen LogP contribution is -2.65. The Labute approximate surface area is 102 Å². The minimum atomic E-state index is -0.263. The van der Waals surface area contributed by atoms with E-state index in [0.717, 1.165) is 5.92 Å². The molecule has 0 saturated heterocycles. The summed E-state index contributed by atoms with van der Waals surface area (Å²) in [6.45, 7) is 0. The van der Waals surface area contributed by atoms with Gasteiger partial charge in [0.1, 0.15) is 0 Å². The number of nitrogens with one attached hydrogen (secondary N) is 2. The molecule has 4 nitrogen and oxygen atoms in total. The maximum Gasteiger partial charge on any atom is 0.407 e. The van der Waals surface area contributed by atoms with Crippen molar-refractivity contribution in [3.63, 3.8) is 0 Å². The second kappa shape index (κ2) is 3.87. The topological polar surface area (TPSA) is 50.4 Å². The van der Waals surface area contributed by atoms with Crippen molar-refractivity contribution in [3.05, 3.63) is 0 Å². The predicted molar refractivity (Wildman–Crippen MR) is 64.7 cm³/mol. The maximum absolute atomic E-state index is 11.4. The van der Waals surface area contributed by atoms with Crippen molar-refractivity contribution in [3.8, 4) is 0 Å². The zero-order valence-electron chi connectivity index (χ0n) is 10.7. The Morgan fingerprint density at radius 1 is 1.24 bits per heavy atom. The van der Waals surface area contributed by atoms with Gasteiger partial charge in [-0.2, -0.15) is 0 Å². The third-order valence-corrected chi connectivity index (χ3v) is 5.27. The molecule has 0 aromatic rings. The highest BCUT2D eigenvalue weighted by molar-refractivity contribution is 5.67. The lowest BCUT2D eigenvalue weighted by Gasteiger charge is -2.60. The van der Waals surface area contributed by atoms with Gasteiger partial charge < -0.3 is 15.4 Å². The molecule has 4 saturated carbocycles. The van der Waals surface area contributed by atoms with Crippen molar-refractivity contribution in [2.24, 2.45) is 17.8 Å². The molecular weight excluding hydrogens is 216 g/mol. The highest BCUT2D eigenvalue weighted by Gasteiger charge is 2.55. The minimum Gasteiger partial charge on any atom is -0.453 e. The van der Waals surface area contributed by atoms with E-state index in [2.05, 4.69) is 17.7 Å². The molecule has 0 radical (unpaired) electrons. The van der Waals surface area contributed by atoms with Crippen molar-refractivity contribution < 1.29 is 9.53 Å². The van der Waals surface area contributed by atoms with Crippen LogP contribution in [0, 0.1) is 17.8 Å². The largest absolute Gasteiger partial charge is 0.453 e. The summed E-state index contributed by atoms with van der Waals surface area (Å²) in [5.41, 5.74) is 0.366. The molecule has 4 fully saturated rings. The van der Waals surface area contributed by atoms with E-state index in [9.17, 15) is 4.79 Å². The average Bonchev–Trinajstić information content (AvgIpc) is 2.32. The first kappa shape index (κ1) is 11.3. The van der Waals surface area contributed by atoms with Crippen molar-refractivity contribution in [1.82, 2.24) is 10.6 Å². The molecule has 2 unspecified atom stereocenters. The molecule has 0 aliphatic heterocycles. The first-order valence-electron chi connectivity index (χ1n) is 6.69. The number of hydrogen-bond acceptors (Lipinski definition) is 3. The molecular formula is C13H22N2O2. The second-order valence-corrected chi connectivity index (χ2v) is 6.16. The summed E-state index contributed by atoms with van der Waals surface area (Å²) in [7, 11) is 3.54. The first-order valence-corrected chi connectivity index (χ1v) is 6.69. The highest BCUT2D eigenvalue weighted by Crippen LogP contribution is 2.55. The molecule has 0 spiro atoms. The Balaban J connectivity index is 1.76. The van der Waals surface area contributed by atoms with Crippen LogP contribution in [0.25, 0.3) is 0 Å². The van der Waals surface area contributed by atoms with E-state index >= 15 is 0 Å². The Kier molecular flexibility index (Phi) is 2.58. The Bertz CT molecular complexity index is 315. The summed E-state index contributed by atoms with van der Waals surface area (Å²) >= 11 is 0. The monoisotopic (exact) mass is 238 g/mol. The van der Waals surface area contributed by atoms with Gasteiger partial charge in [0.2, 0.25) is 0 Å². The highest BCUT2D eigenvalue weighted by atomic mass is 16.5. The molecule has 2 N–H and O–H groups in total. The number of rotatable bonds is 2. The molecule has 4 heteroatoms. The molecule has 4 bridgehead atoms. The van der Waals surface area contributed by atoms with Gasteiger partial charge in [-0.25, -0.2) is 4.79 Å². The second-order valence-electron chi connectivity index (χ2n) is 6.16. The first-order chi connectivity index (χ1) is 8.15. The summed E-state index contributed by atoms with van der Waals surface area (Å²) in [5.74, 6) is 2.16. The average molecular weight is 238 g/mol.